The van der Waals surface area contributed by atoms with E-state index < -0.39 is 5.54 Å². The lowest BCUT2D eigenvalue weighted by Gasteiger charge is -2.42. The van der Waals surface area contributed by atoms with Gasteiger partial charge in [-0.15, -0.1) is 0 Å². The summed E-state index contributed by atoms with van der Waals surface area (Å²) in [5.74, 6) is -0.140. The number of carbonyl (C=O) groups is 1. The number of hydrogen-bond donors (Lipinski definition) is 2. The van der Waals surface area contributed by atoms with Crippen molar-refractivity contribution in [3.05, 3.63) is 58.1 Å². The summed E-state index contributed by atoms with van der Waals surface area (Å²) in [6.45, 7) is 12.1. The van der Waals surface area contributed by atoms with E-state index in [4.69, 9.17) is 28.9 Å². The molecule has 0 aromatic heterocycles. The monoisotopic (exact) mass is 380 g/mol. The molecule has 3 nitrogen and oxygen atoms in total. The van der Waals surface area contributed by atoms with Crippen molar-refractivity contribution >= 4 is 29.1 Å². The van der Waals surface area contributed by atoms with Gasteiger partial charge < -0.3 is 11.1 Å². The smallest absolute Gasteiger partial charge is 0.244 e. The largest absolute Gasteiger partial charge is 0.351 e. The van der Waals surface area contributed by atoms with Crippen LogP contribution in [-0.4, -0.2) is 17.5 Å². The fraction of sp³-hybridized carbons (Fsp3) is 0.450. The molecule has 0 saturated carbocycles. The minimum Gasteiger partial charge on any atom is -0.351 e. The molecule has 0 bridgehead atoms. The standard InChI is InChI=1S/C18H20Cl2N2O.C2H6/c1-9(2)15-13(12-5-4-11(19)8-14(12)20)6-7-18(21)16(15)10(3)22-17(18)23;1-2/h4-8,10,13,15-16H,1,21H2,2-3H3,(H,22,23);1-2H3. The molecule has 3 N–H and O–H groups in total. The molecule has 0 radical (unpaired) electrons. The Balaban J connectivity index is 0.00000109. The van der Waals surface area contributed by atoms with E-state index in [0.717, 1.165) is 11.1 Å². The Labute approximate surface area is 160 Å². The molecular weight excluding hydrogens is 355 g/mol. The van der Waals surface area contributed by atoms with Crippen molar-refractivity contribution in [3.63, 3.8) is 0 Å². The van der Waals surface area contributed by atoms with Crippen molar-refractivity contribution in [2.24, 2.45) is 17.6 Å². The van der Waals surface area contributed by atoms with E-state index in [1.54, 1.807) is 6.07 Å². The van der Waals surface area contributed by atoms with Crippen molar-refractivity contribution in [1.29, 1.82) is 0 Å². The number of nitrogens with one attached hydrogen (secondary N) is 1. The van der Waals surface area contributed by atoms with Gasteiger partial charge in [-0.25, -0.2) is 0 Å². The zero-order valence-electron chi connectivity index (χ0n) is 15.1. The van der Waals surface area contributed by atoms with Gasteiger partial charge in [-0.1, -0.05) is 67.4 Å². The maximum absolute atomic E-state index is 12.3. The van der Waals surface area contributed by atoms with Gasteiger partial charge in [0.2, 0.25) is 5.91 Å². The van der Waals surface area contributed by atoms with Gasteiger partial charge in [-0.3, -0.25) is 4.79 Å². The fourth-order valence-electron chi connectivity index (χ4n) is 4.07. The molecule has 1 amide bonds. The quantitative estimate of drug-likeness (QED) is 0.730. The Hall–Kier alpha value is -1.29. The molecule has 1 aliphatic heterocycles. The summed E-state index contributed by atoms with van der Waals surface area (Å²) in [5, 5.41) is 4.19. The summed E-state index contributed by atoms with van der Waals surface area (Å²) < 4.78 is 0. The summed E-state index contributed by atoms with van der Waals surface area (Å²) in [6.07, 6.45) is 3.81. The van der Waals surface area contributed by atoms with E-state index >= 15 is 0 Å². The predicted octanol–water partition coefficient (Wildman–Crippen LogP) is 4.70. The molecule has 5 atom stereocenters. The van der Waals surface area contributed by atoms with Crippen LogP contribution < -0.4 is 11.1 Å². The third-order valence-corrected chi connectivity index (χ3v) is 5.65. The molecule has 5 heteroatoms. The lowest BCUT2D eigenvalue weighted by atomic mass is 9.62. The second-order valence-electron chi connectivity index (χ2n) is 6.64. The first kappa shape index (κ1) is 20.0. The highest BCUT2D eigenvalue weighted by Gasteiger charge is 2.56. The van der Waals surface area contributed by atoms with Crippen LogP contribution in [0.4, 0.5) is 0 Å². The summed E-state index contributed by atoms with van der Waals surface area (Å²) in [5.41, 5.74) is 7.42. The SMILES string of the molecule is C=C(C)C1C(c2ccc(Cl)cc2Cl)C=CC2(N)C(=O)NC(C)C12.CC. The normalized spacial score (nSPS) is 33.2. The van der Waals surface area contributed by atoms with E-state index in [0.29, 0.717) is 10.0 Å². The first-order chi connectivity index (χ1) is 11.8. The van der Waals surface area contributed by atoms with E-state index in [-0.39, 0.29) is 29.7 Å². The number of benzene rings is 1. The van der Waals surface area contributed by atoms with Crippen molar-refractivity contribution in [3.8, 4) is 0 Å². The first-order valence-corrected chi connectivity index (χ1v) is 9.41. The third kappa shape index (κ3) is 3.38. The van der Waals surface area contributed by atoms with Crippen molar-refractivity contribution in [2.45, 2.75) is 45.2 Å². The average Bonchev–Trinajstić information content (AvgIpc) is 2.78. The Bertz CT molecular complexity index is 716. The zero-order chi connectivity index (χ0) is 18.9. The molecule has 3 rings (SSSR count). The van der Waals surface area contributed by atoms with Crippen molar-refractivity contribution in [2.75, 3.05) is 0 Å². The number of fused-ring (bicyclic) bond motifs is 1. The van der Waals surface area contributed by atoms with Crippen molar-refractivity contribution in [1.82, 2.24) is 5.32 Å². The molecule has 2 aliphatic rings. The highest BCUT2D eigenvalue weighted by Crippen LogP contribution is 2.49. The minimum absolute atomic E-state index is 0.0206. The number of halogens is 2. The number of rotatable bonds is 2. The Morgan fingerprint density at radius 2 is 1.96 bits per heavy atom. The van der Waals surface area contributed by atoms with Crippen LogP contribution in [0.1, 0.15) is 39.2 Å². The first-order valence-electron chi connectivity index (χ1n) is 8.65. The van der Waals surface area contributed by atoms with Gasteiger partial charge in [-0.05, 0) is 37.5 Å². The Morgan fingerprint density at radius 1 is 1.32 bits per heavy atom. The average molecular weight is 381 g/mol. The maximum atomic E-state index is 12.3. The van der Waals surface area contributed by atoms with Gasteiger partial charge in [0.1, 0.15) is 5.54 Å². The predicted molar refractivity (Wildman–Crippen MR) is 106 cm³/mol. The van der Waals surface area contributed by atoms with Gasteiger partial charge in [0.25, 0.3) is 0 Å². The van der Waals surface area contributed by atoms with Crippen LogP contribution in [0.2, 0.25) is 10.0 Å². The molecule has 1 saturated heterocycles. The van der Waals surface area contributed by atoms with Crippen LogP contribution in [-0.2, 0) is 4.79 Å². The van der Waals surface area contributed by atoms with Crippen LogP contribution in [0, 0.1) is 11.8 Å². The highest BCUT2D eigenvalue weighted by molar-refractivity contribution is 6.35. The summed E-state index contributed by atoms with van der Waals surface area (Å²) >= 11 is 12.4. The minimum atomic E-state index is -0.988. The number of nitrogens with two attached hydrogens (primary N) is 1. The molecule has 1 fully saturated rings. The zero-order valence-corrected chi connectivity index (χ0v) is 16.7. The van der Waals surface area contributed by atoms with Crippen LogP contribution in [0.5, 0.6) is 0 Å². The van der Waals surface area contributed by atoms with Gasteiger partial charge in [-0.2, -0.15) is 0 Å². The summed E-state index contributed by atoms with van der Waals surface area (Å²) in [4.78, 5) is 12.3. The van der Waals surface area contributed by atoms with E-state index in [1.807, 2.05) is 52.0 Å². The summed E-state index contributed by atoms with van der Waals surface area (Å²) in [6, 6.07) is 5.49. The lowest BCUT2D eigenvalue weighted by molar-refractivity contribution is -0.123. The fourth-order valence-corrected chi connectivity index (χ4v) is 4.60. The Morgan fingerprint density at radius 3 is 2.52 bits per heavy atom. The molecule has 1 aliphatic carbocycles. The van der Waals surface area contributed by atoms with Gasteiger partial charge in [0.05, 0.1) is 0 Å². The van der Waals surface area contributed by atoms with Crippen LogP contribution in [0.25, 0.3) is 0 Å². The number of amides is 1. The molecule has 1 heterocycles. The van der Waals surface area contributed by atoms with Crippen LogP contribution >= 0.6 is 23.2 Å². The molecule has 0 spiro atoms. The second-order valence-corrected chi connectivity index (χ2v) is 7.49. The highest BCUT2D eigenvalue weighted by atomic mass is 35.5. The van der Waals surface area contributed by atoms with Gasteiger partial charge >= 0.3 is 0 Å². The molecule has 136 valence electrons. The third-order valence-electron chi connectivity index (χ3n) is 5.09. The molecule has 25 heavy (non-hydrogen) atoms. The van der Waals surface area contributed by atoms with E-state index in [1.165, 1.54) is 0 Å². The van der Waals surface area contributed by atoms with Crippen LogP contribution in [0.3, 0.4) is 0 Å². The maximum Gasteiger partial charge on any atom is 0.244 e. The molecular formula is C20H26Cl2N2O. The van der Waals surface area contributed by atoms with Gasteiger partial charge in [0.15, 0.2) is 0 Å². The number of carbonyl (C=O) groups excluding carboxylic acids is 1. The molecule has 5 unspecified atom stereocenters. The Kier molecular flexibility index (Phi) is 6.03. The number of hydrogen-bond acceptors (Lipinski definition) is 2. The number of allylic oxidation sites excluding steroid dienone is 2. The van der Waals surface area contributed by atoms with E-state index in [2.05, 4.69) is 11.9 Å². The topological polar surface area (TPSA) is 55.1 Å². The second kappa shape index (κ2) is 7.53. The lowest BCUT2D eigenvalue weighted by Crippen LogP contribution is -2.55. The summed E-state index contributed by atoms with van der Waals surface area (Å²) in [7, 11) is 0. The van der Waals surface area contributed by atoms with Crippen molar-refractivity contribution < 1.29 is 4.79 Å². The van der Waals surface area contributed by atoms with Crippen LogP contribution in [0.15, 0.2) is 42.5 Å². The van der Waals surface area contributed by atoms with Gasteiger partial charge in [0, 0.05) is 27.9 Å². The molecule has 1 aromatic rings. The van der Waals surface area contributed by atoms with E-state index in [9.17, 15) is 4.79 Å². The molecule has 1 aromatic carbocycles.